The van der Waals surface area contributed by atoms with Gasteiger partial charge in [0.1, 0.15) is 10.9 Å². The number of nitriles is 1. The second-order valence-electron chi connectivity index (χ2n) is 4.46. The van der Waals surface area contributed by atoms with Gasteiger partial charge in [0.2, 0.25) is 0 Å². The van der Waals surface area contributed by atoms with Gasteiger partial charge in [-0.3, -0.25) is 4.99 Å². The molecule has 3 nitrogen and oxygen atoms in total. The highest BCUT2D eigenvalue weighted by molar-refractivity contribution is 7.09. The van der Waals surface area contributed by atoms with E-state index in [2.05, 4.69) is 16.0 Å². The molecule has 2 rings (SSSR count). The van der Waals surface area contributed by atoms with Crippen molar-refractivity contribution in [3.05, 3.63) is 50.9 Å². The first kappa shape index (κ1) is 14.7. The first-order chi connectivity index (χ1) is 9.60. The van der Waals surface area contributed by atoms with Crippen LogP contribution in [0.1, 0.15) is 35.1 Å². The van der Waals surface area contributed by atoms with Crippen molar-refractivity contribution in [2.24, 2.45) is 4.99 Å². The van der Waals surface area contributed by atoms with Gasteiger partial charge in [-0.15, -0.1) is 11.3 Å². The Morgan fingerprint density at radius 2 is 2.10 bits per heavy atom. The largest absolute Gasteiger partial charge is 0.288 e. The molecule has 0 bridgehead atoms. The molecule has 0 aliphatic carbocycles. The maximum atomic E-state index is 9.22. The van der Waals surface area contributed by atoms with E-state index in [9.17, 15) is 5.26 Å². The van der Waals surface area contributed by atoms with E-state index in [1.54, 1.807) is 6.21 Å². The number of aryl methyl sites for hydroxylation is 1. The molecule has 2 aromatic rings. The van der Waals surface area contributed by atoms with Crippen LogP contribution in [0.3, 0.4) is 0 Å². The molecule has 0 spiro atoms. The molecule has 5 heteroatoms. The molecule has 0 fully saturated rings. The summed E-state index contributed by atoms with van der Waals surface area (Å²) in [5, 5.41) is 12.7. The van der Waals surface area contributed by atoms with Crippen LogP contribution < -0.4 is 0 Å². The van der Waals surface area contributed by atoms with Crippen LogP contribution in [0.2, 0.25) is 5.02 Å². The fourth-order valence-corrected chi connectivity index (χ4v) is 2.64. The van der Waals surface area contributed by atoms with E-state index in [1.165, 1.54) is 11.3 Å². The molecule has 1 heterocycles. The Bertz CT molecular complexity index is 640. The van der Waals surface area contributed by atoms with Gasteiger partial charge in [-0.05, 0) is 31.5 Å². The normalized spacial score (nSPS) is 14.1. The standard InChI is InChI=1S/C15H14ClN3S/c1-10-9-20-15(19-10)13(7-17)8-18-11(2)12-3-5-14(16)6-4-12/h3-6,8-9,11,13H,1-2H3/t11-,13-/m1/s1. The van der Waals surface area contributed by atoms with Gasteiger partial charge in [0.25, 0.3) is 0 Å². The molecule has 2 atom stereocenters. The molecule has 0 unspecified atom stereocenters. The third-order valence-corrected chi connectivity index (χ3v) is 4.15. The summed E-state index contributed by atoms with van der Waals surface area (Å²) in [4.78, 5) is 8.79. The van der Waals surface area contributed by atoms with E-state index in [0.717, 1.165) is 16.3 Å². The number of thiazole rings is 1. The topological polar surface area (TPSA) is 49.0 Å². The molecule has 0 aliphatic heterocycles. The van der Waals surface area contributed by atoms with Gasteiger partial charge < -0.3 is 0 Å². The Kier molecular flexibility index (Phi) is 4.89. The Balaban J connectivity index is 2.11. The van der Waals surface area contributed by atoms with E-state index < -0.39 is 0 Å². The average Bonchev–Trinajstić information content (AvgIpc) is 2.86. The molecule has 20 heavy (non-hydrogen) atoms. The fourth-order valence-electron chi connectivity index (χ4n) is 1.71. The van der Waals surface area contributed by atoms with E-state index >= 15 is 0 Å². The lowest BCUT2D eigenvalue weighted by molar-refractivity contribution is 0.819. The number of aromatic nitrogens is 1. The first-order valence-corrected chi connectivity index (χ1v) is 7.46. The van der Waals surface area contributed by atoms with Crippen molar-refractivity contribution >= 4 is 29.2 Å². The molecular weight excluding hydrogens is 290 g/mol. The quantitative estimate of drug-likeness (QED) is 0.778. The molecular formula is C15H14ClN3S. The van der Waals surface area contributed by atoms with Crippen molar-refractivity contribution in [3.8, 4) is 6.07 Å². The summed E-state index contributed by atoms with van der Waals surface area (Å²) in [6.07, 6.45) is 1.68. The van der Waals surface area contributed by atoms with Crippen LogP contribution in [0.25, 0.3) is 0 Å². The highest BCUT2D eigenvalue weighted by atomic mass is 35.5. The summed E-state index contributed by atoms with van der Waals surface area (Å²) in [5.41, 5.74) is 2.00. The fraction of sp³-hybridized carbons (Fsp3) is 0.267. The van der Waals surface area contributed by atoms with E-state index in [0.29, 0.717) is 5.02 Å². The monoisotopic (exact) mass is 303 g/mol. The SMILES string of the molecule is Cc1csc([C@H](C#N)C=N[C@H](C)c2ccc(Cl)cc2)n1. The first-order valence-electron chi connectivity index (χ1n) is 6.20. The van der Waals surface area contributed by atoms with Crippen molar-refractivity contribution in [2.75, 3.05) is 0 Å². The van der Waals surface area contributed by atoms with Gasteiger partial charge in [-0.2, -0.15) is 5.26 Å². The van der Waals surface area contributed by atoms with Crippen molar-refractivity contribution in [1.29, 1.82) is 5.26 Å². The van der Waals surface area contributed by atoms with Crippen molar-refractivity contribution in [3.63, 3.8) is 0 Å². The Labute approximate surface area is 127 Å². The molecule has 102 valence electrons. The molecule has 0 aliphatic rings. The Hall–Kier alpha value is -1.70. The lowest BCUT2D eigenvalue weighted by Crippen LogP contribution is -1.99. The average molecular weight is 304 g/mol. The van der Waals surface area contributed by atoms with Crippen LogP contribution in [0.4, 0.5) is 0 Å². The van der Waals surface area contributed by atoms with Gasteiger partial charge in [-0.1, -0.05) is 23.7 Å². The third-order valence-electron chi connectivity index (χ3n) is 2.85. The maximum absolute atomic E-state index is 9.22. The van der Waals surface area contributed by atoms with Crippen LogP contribution >= 0.6 is 22.9 Å². The number of aliphatic imine (C=N–C) groups is 1. The molecule has 0 saturated carbocycles. The van der Waals surface area contributed by atoms with Gasteiger partial charge in [0, 0.05) is 22.3 Å². The van der Waals surface area contributed by atoms with Gasteiger partial charge in [0.15, 0.2) is 0 Å². The summed E-state index contributed by atoms with van der Waals surface area (Å²) >= 11 is 7.35. The maximum Gasteiger partial charge on any atom is 0.133 e. The summed E-state index contributed by atoms with van der Waals surface area (Å²) in [6, 6.07) is 9.79. The van der Waals surface area contributed by atoms with Crippen LogP contribution in [0.5, 0.6) is 0 Å². The number of hydrogen-bond acceptors (Lipinski definition) is 4. The van der Waals surface area contributed by atoms with Gasteiger partial charge in [0.05, 0.1) is 12.1 Å². The predicted molar refractivity (Wildman–Crippen MR) is 83.6 cm³/mol. The highest BCUT2D eigenvalue weighted by Gasteiger charge is 2.12. The van der Waals surface area contributed by atoms with Crippen molar-refractivity contribution in [1.82, 2.24) is 4.98 Å². The zero-order valence-electron chi connectivity index (χ0n) is 11.2. The summed E-state index contributed by atoms with van der Waals surface area (Å²) in [6.45, 7) is 3.91. The van der Waals surface area contributed by atoms with Crippen molar-refractivity contribution in [2.45, 2.75) is 25.8 Å². The summed E-state index contributed by atoms with van der Waals surface area (Å²) in [5.74, 6) is -0.386. The smallest absolute Gasteiger partial charge is 0.133 e. The van der Waals surface area contributed by atoms with Crippen LogP contribution in [-0.2, 0) is 0 Å². The summed E-state index contributed by atoms with van der Waals surface area (Å²) in [7, 11) is 0. The Morgan fingerprint density at radius 1 is 1.40 bits per heavy atom. The van der Waals surface area contributed by atoms with Crippen LogP contribution in [0.15, 0.2) is 34.6 Å². The molecule has 0 radical (unpaired) electrons. The van der Waals surface area contributed by atoms with Crippen LogP contribution in [0, 0.1) is 18.3 Å². The molecule has 0 N–H and O–H groups in total. The zero-order valence-corrected chi connectivity index (χ0v) is 12.8. The molecule has 0 saturated heterocycles. The second-order valence-corrected chi connectivity index (χ2v) is 5.79. The number of rotatable bonds is 4. The molecule has 1 aromatic heterocycles. The van der Waals surface area contributed by atoms with E-state index in [-0.39, 0.29) is 12.0 Å². The lowest BCUT2D eigenvalue weighted by Gasteiger charge is -2.07. The van der Waals surface area contributed by atoms with Gasteiger partial charge in [-0.25, -0.2) is 4.98 Å². The predicted octanol–water partition coefficient (Wildman–Crippen LogP) is 4.54. The minimum Gasteiger partial charge on any atom is -0.288 e. The minimum atomic E-state index is -0.386. The second kappa shape index (κ2) is 6.65. The Morgan fingerprint density at radius 3 is 2.65 bits per heavy atom. The van der Waals surface area contributed by atoms with Crippen LogP contribution in [-0.4, -0.2) is 11.2 Å². The third kappa shape index (κ3) is 3.66. The highest BCUT2D eigenvalue weighted by Crippen LogP contribution is 2.22. The number of halogens is 1. The van der Waals surface area contributed by atoms with Crippen molar-refractivity contribution < 1.29 is 0 Å². The molecule has 1 aromatic carbocycles. The minimum absolute atomic E-state index is 0.0100. The molecule has 0 amide bonds. The number of benzene rings is 1. The van der Waals surface area contributed by atoms with E-state index in [1.807, 2.05) is 43.5 Å². The number of hydrogen-bond donors (Lipinski definition) is 0. The lowest BCUT2D eigenvalue weighted by atomic mass is 10.1. The number of nitrogens with zero attached hydrogens (tertiary/aromatic N) is 3. The van der Waals surface area contributed by atoms with Gasteiger partial charge >= 0.3 is 0 Å². The summed E-state index contributed by atoms with van der Waals surface area (Å²) < 4.78 is 0. The zero-order chi connectivity index (χ0) is 14.5. The van der Waals surface area contributed by atoms with E-state index in [4.69, 9.17) is 11.6 Å².